The van der Waals surface area contributed by atoms with Gasteiger partial charge in [-0.2, -0.15) is 0 Å². The van der Waals surface area contributed by atoms with Crippen LogP contribution in [0.2, 0.25) is 0 Å². The lowest BCUT2D eigenvalue weighted by molar-refractivity contribution is 0.0597. The van der Waals surface area contributed by atoms with Crippen molar-refractivity contribution < 1.29 is 23.1 Å². The Kier molecular flexibility index (Phi) is 7.07. The second-order valence-corrected chi connectivity index (χ2v) is 8.80. The van der Waals surface area contributed by atoms with Gasteiger partial charge in [0.1, 0.15) is 17.1 Å². The Morgan fingerprint density at radius 3 is 2.41 bits per heavy atom. The first-order valence-corrected chi connectivity index (χ1v) is 11.1. The van der Waals surface area contributed by atoms with E-state index in [0.717, 1.165) is 5.56 Å². The summed E-state index contributed by atoms with van der Waals surface area (Å²) in [5.41, 5.74) is 1.49. The minimum absolute atomic E-state index is 0.0620. The van der Waals surface area contributed by atoms with Crippen LogP contribution < -0.4 is 5.32 Å². The van der Waals surface area contributed by atoms with Gasteiger partial charge in [-0.3, -0.25) is 0 Å². The number of nitrogens with zero attached hydrogens (tertiary/aromatic N) is 1. The molecule has 0 saturated heterocycles. The van der Waals surface area contributed by atoms with E-state index in [4.69, 9.17) is 0 Å². The summed E-state index contributed by atoms with van der Waals surface area (Å²) in [6.07, 6.45) is 6.39. The molecule has 0 amide bonds. The van der Waals surface area contributed by atoms with Crippen LogP contribution in [0.4, 0.5) is 5.82 Å². The SMILES string of the molecule is C=CC(Nc1ccccn1)S(=O)(=O)c1ccc(C=Cc2ccc(O)c(C(=O)OC)c2)cc1. The Hall–Kier alpha value is -3.91. The standard InChI is InChI=1S/C24H22N2O5S/c1-3-23(26-22-6-4-5-15-25-22)32(29,30)19-12-9-17(10-13-19)7-8-18-11-14-21(27)20(16-18)24(28)31-2/h3-16,23,27H,1H2,2H3,(H,25,26). The molecule has 0 spiro atoms. The van der Waals surface area contributed by atoms with Crippen molar-refractivity contribution in [2.45, 2.75) is 10.3 Å². The van der Waals surface area contributed by atoms with Gasteiger partial charge < -0.3 is 15.2 Å². The van der Waals surface area contributed by atoms with Gasteiger partial charge in [-0.25, -0.2) is 18.2 Å². The molecule has 0 bridgehead atoms. The molecule has 0 saturated carbocycles. The number of ether oxygens (including phenoxy) is 1. The van der Waals surface area contributed by atoms with Gasteiger partial charge in [0, 0.05) is 6.20 Å². The van der Waals surface area contributed by atoms with Crippen LogP contribution in [0, 0.1) is 0 Å². The number of aromatic nitrogens is 1. The number of phenolic OH excluding ortho intramolecular Hbond substituents is 1. The summed E-state index contributed by atoms with van der Waals surface area (Å²) < 4.78 is 30.6. The van der Waals surface area contributed by atoms with Crippen molar-refractivity contribution in [2.75, 3.05) is 12.4 Å². The second-order valence-electron chi connectivity index (χ2n) is 6.73. The van der Waals surface area contributed by atoms with Crippen LogP contribution in [0.5, 0.6) is 5.75 Å². The molecule has 164 valence electrons. The first-order chi connectivity index (χ1) is 15.3. The normalized spacial score (nSPS) is 12.3. The first kappa shape index (κ1) is 22.8. The molecule has 7 nitrogen and oxygen atoms in total. The Morgan fingerprint density at radius 2 is 1.78 bits per heavy atom. The van der Waals surface area contributed by atoms with Gasteiger partial charge in [0.2, 0.25) is 9.84 Å². The molecule has 0 aliphatic heterocycles. The maximum atomic E-state index is 13.0. The molecular weight excluding hydrogens is 428 g/mol. The first-order valence-electron chi connectivity index (χ1n) is 9.58. The number of hydrogen-bond donors (Lipinski definition) is 2. The molecule has 1 aromatic heterocycles. The van der Waals surface area contributed by atoms with Crippen molar-refractivity contribution in [2.24, 2.45) is 0 Å². The minimum Gasteiger partial charge on any atom is -0.507 e. The fourth-order valence-electron chi connectivity index (χ4n) is 2.90. The number of esters is 1. The number of carbonyl (C=O) groups excluding carboxylic acids is 1. The molecule has 0 fully saturated rings. The van der Waals surface area contributed by atoms with Gasteiger partial charge >= 0.3 is 5.97 Å². The molecule has 3 rings (SSSR count). The number of hydrogen-bond acceptors (Lipinski definition) is 7. The lowest BCUT2D eigenvalue weighted by Crippen LogP contribution is -2.28. The van der Waals surface area contributed by atoms with Crippen LogP contribution in [0.1, 0.15) is 21.5 Å². The predicted molar refractivity (Wildman–Crippen MR) is 124 cm³/mol. The molecule has 0 aliphatic carbocycles. The number of anilines is 1. The van der Waals surface area contributed by atoms with Gasteiger partial charge in [-0.1, -0.05) is 49.1 Å². The predicted octanol–water partition coefficient (Wildman–Crippen LogP) is 4.14. The van der Waals surface area contributed by atoms with Gasteiger partial charge in [0.05, 0.1) is 12.0 Å². The zero-order valence-electron chi connectivity index (χ0n) is 17.3. The van der Waals surface area contributed by atoms with Crippen molar-refractivity contribution in [3.63, 3.8) is 0 Å². The monoisotopic (exact) mass is 450 g/mol. The van der Waals surface area contributed by atoms with Crippen LogP contribution in [0.25, 0.3) is 12.2 Å². The second kappa shape index (κ2) is 9.93. The summed E-state index contributed by atoms with van der Waals surface area (Å²) in [4.78, 5) is 15.9. The zero-order valence-corrected chi connectivity index (χ0v) is 18.1. The molecule has 32 heavy (non-hydrogen) atoms. The number of nitrogens with one attached hydrogen (secondary N) is 1. The van der Waals surface area contributed by atoms with Crippen LogP contribution >= 0.6 is 0 Å². The average molecular weight is 451 g/mol. The van der Waals surface area contributed by atoms with Crippen molar-refractivity contribution in [3.8, 4) is 5.75 Å². The molecule has 3 aromatic rings. The van der Waals surface area contributed by atoms with Crippen molar-refractivity contribution in [1.29, 1.82) is 0 Å². The summed E-state index contributed by atoms with van der Waals surface area (Å²) in [6, 6.07) is 16.1. The van der Waals surface area contributed by atoms with E-state index in [1.165, 1.54) is 37.5 Å². The van der Waals surface area contributed by atoms with E-state index >= 15 is 0 Å². The number of rotatable bonds is 8. The summed E-state index contributed by atoms with van der Waals surface area (Å²) in [7, 11) is -2.49. The molecule has 0 aliphatic rings. The van der Waals surface area contributed by atoms with Crippen molar-refractivity contribution in [3.05, 3.63) is 96.2 Å². The van der Waals surface area contributed by atoms with Crippen molar-refractivity contribution >= 4 is 33.8 Å². The third-order valence-corrected chi connectivity index (χ3v) is 6.51. The summed E-state index contributed by atoms with van der Waals surface area (Å²) in [5, 5.41) is 11.6. The molecular formula is C24H22N2O5S. The smallest absolute Gasteiger partial charge is 0.341 e. The topological polar surface area (TPSA) is 106 Å². The minimum atomic E-state index is -3.73. The molecule has 2 N–H and O–H groups in total. The number of carbonyl (C=O) groups is 1. The lowest BCUT2D eigenvalue weighted by atomic mass is 10.1. The highest BCUT2D eigenvalue weighted by molar-refractivity contribution is 7.92. The number of methoxy groups -OCH3 is 1. The number of aromatic hydroxyl groups is 1. The lowest BCUT2D eigenvalue weighted by Gasteiger charge is -2.16. The Bertz CT molecular complexity index is 1240. The van der Waals surface area contributed by atoms with E-state index in [9.17, 15) is 18.3 Å². The van der Waals surface area contributed by atoms with E-state index < -0.39 is 21.2 Å². The van der Waals surface area contributed by atoms with E-state index in [1.54, 1.807) is 54.7 Å². The highest BCUT2D eigenvalue weighted by Gasteiger charge is 2.25. The third-order valence-electron chi connectivity index (χ3n) is 4.61. The van der Waals surface area contributed by atoms with Crippen LogP contribution in [-0.2, 0) is 14.6 Å². The number of phenols is 1. The van der Waals surface area contributed by atoms with Gasteiger partial charge in [-0.05, 0) is 47.5 Å². The molecule has 1 heterocycles. The highest BCUT2D eigenvalue weighted by atomic mass is 32.2. The fraction of sp³-hybridized carbons (Fsp3) is 0.0833. The van der Waals surface area contributed by atoms with E-state index in [2.05, 4.69) is 21.6 Å². The van der Waals surface area contributed by atoms with E-state index in [1.807, 2.05) is 0 Å². The quantitative estimate of drug-likeness (QED) is 0.302. The Morgan fingerprint density at radius 1 is 1.09 bits per heavy atom. The average Bonchev–Trinajstić information content (AvgIpc) is 2.82. The molecule has 1 atom stereocenters. The molecule has 1 unspecified atom stereocenters. The zero-order chi connectivity index (χ0) is 23.1. The Balaban J connectivity index is 1.78. The Labute approximate surface area is 186 Å². The number of sulfone groups is 1. The van der Waals surface area contributed by atoms with Crippen LogP contribution in [-0.4, -0.2) is 37.0 Å². The van der Waals surface area contributed by atoms with E-state index in [0.29, 0.717) is 11.4 Å². The summed E-state index contributed by atoms with van der Waals surface area (Å²) in [5.74, 6) is -0.371. The molecule has 2 aromatic carbocycles. The fourth-order valence-corrected chi connectivity index (χ4v) is 4.23. The highest BCUT2D eigenvalue weighted by Crippen LogP contribution is 2.22. The third kappa shape index (κ3) is 5.22. The van der Waals surface area contributed by atoms with Gasteiger partial charge in [-0.15, -0.1) is 0 Å². The summed E-state index contributed by atoms with van der Waals surface area (Å²) in [6.45, 7) is 3.63. The maximum Gasteiger partial charge on any atom is 0.341 e. The van der Waals surface area contributed by atoms with E-state index in [-0.39, 0.29) is 16.2 Å². The van der Waals surface area contributed by atoms with Crippen LogP contribution in [0.3, 0.4) is 0 Å². The largest absolute Gasteiger partial charge is 0.507 e. The van der Waals surface area contributed by atoms with Gasteiger partial charge in [0.15, 0.2) is 5.37 Å². The molecule has 8 heteroatoms. The number of benzene rings is 2. The molecule has 0 radical (unpaired) electrons. The number of pyridine rings is 1. The maximum absolute atomic E-state index is 13.0. The van der Waals surface area contributed by atoms with Gasteiger partial charge in [0.25, 0.3) is 0 Å². The van der Waals surface area contributed by atoms with Crippen LogP contribution in [0.15, 0.2) is 84.4 Å². The van der Waals surface area contributed by atoms with Crippen molar-refractivity contribution in [1.82, 2.24) is 4.98 Å². The summed E-state index contributed by atoms with van der Waals surface area (Å²) >= 11 is 0.